The second-order valence-corrected chi connectivity index (χ2v) is 9.31. The highest BCUT2D eigenvalue weighted by Gasteiger charge is 2.29. The highest BCUT2D eigenvalue weighted by molar-refractivity contribution is 7.89. The Labute approximate surface area is 145 Å². The van der Waals surface area contributed by atoms with Crippen LogP contribution in [-0.4, -0.2) is 26.9 Å². The number of carbonyl (C=O) groups is 1. The third-order valence-corrected chi connectivity index (χ3v) is 6.21. The molecule has 5 nitrogen and oxygen atoms in total. The fourth-order valence-electron chi connectivity index (χ4n) is 2.84. The number of rotatable bonds is 3. The van der Waals surface area contributed by atoms with Crippen LogP contribution in [0.15, 0.2) is 17.0 Å². The Balaban J connectivity index is 2.41. The van der Waals surface area contributed by atoms with Crippen LogP contribution < -0.4 is 10.0 Å². The van der Waals surface area contributed by atoms with Crippen molar-refractivity contribution in [1.29, 1.82) is 0 Å². The van der Waals surface area contributed by atoms with E-state index in [-0.39, 0.29) is 16.2 Å². The molecule has 1 saturated heterocycles. The van der Waals surface area contributed by atoms with Crippen LogP contribution in [-0.2, 0) is 20.2 Å². The van der Waals surface area contributed by atoms with Gasteiger partial charge in [0.05, 0.1) is 4.90 Å². The summed E-state index contributed by atoms with van der Waals surface area (Å²) in [6, 6.07) is 3.07. The fraction of sp³-hybridized carbons (Fsp3) is 0.611. The molecule has 1 aliphatic heterocycles. The summed E-state index contributed by atoms with van der Waals surface area (Å²) in [5.41, 5.74) is 2.48. The van der Waals surface area contributed by atoms with E-state index in [4.69, 9.17) is 0 Å². The fourth-order valence-corrected chi connectivity index (χ4v) is 4.41. The van der Waals surface area contributed by atoms with Crippen molar-refractivity contribution < 1.29 is 13.2 Å². The number of benzene rings is 1. The third kappa shape index (κ3) is 4.16. The van der Waals surface area contributed by atoms with Crippen LogP contribution in [0, 0.1) is 13.8 Å². The molecule has 1 atom stereocenters. The van der Waals surface area contributed by atoms with E-state index in [1.165, 1.54) is 0 Å². The van der Waals surface area contributed by atoms with Crippen LogP contribution >= 0.6 is 0 Å². The molecule has 1 heterocycles. The summed E-state index contributed by atoms with van der Waals surface area (Å²) in [5, 5.41) is 2.76. The van der Waals surface area contributed by atoms with Gasteiger partial charge in [-0.15, -0.1) is 0 Å². The van der Waals surface area contributed by atoms with Gasteiger partial charge in [-0.3, -0.25) is 4.79 Å². The summed E-state index contributed by atoms with van der Waals surface area (Å²) in [7, 11) is -3.76. The molecular formula is C18H28N2O3S. The number of carbonyl (C=O) groups excluding carboxylic acids is 1. The maximum Gasteiger partial charge on any atom is 0.241 e. The highest BCUT2D eigenvalue weighted by atomic mass is 32.2. The number of hydrogen-bond acceptors (Lipinski definition) is 3. The van der Waals surface area contributed by atoms with Gasteiger partial charge >= 0.3 is 0 Å². The molecule has 0 aromatic heterocycles. The molecule has 1 aliphatic rings. The van der Waals surface area contributed by atoms with Crippen molar-refractivity contribution >= 4 is 15.9 Å². The first-order chi connectivity index (χ1) is 11.0. The minimum atomic E-state index is -3.76. The van der Waals surface area contributed by atoms with Crippen molar-refractivity contribution in [3.8, 4) is 0 Å². The Morgan fingerprint density at radius 2 is 1.83 bits per heavy atom. The van der Waals surface area contributed by atoms with E-state index in [1.807, 2.05) is 19.9 Å². The van der Waals surface area contributed by atoms with Gasteiger partial charge in [0.2, 0.25) is 15.9 Å². The molecule has 2 N–H and O–H groups in total. The molecule has 1 amide bonds. The van der Waals surface area contributed by atoms with Gasteiger partial charge in [0.15, 0.2) is 0 Å². The van der Waals surface area contributed by atoms with Crippen LogP contribution in [0.1, 0.15) is 56.7 Å². The Bertz CT molecular complexity index is 733. The van der Waals surface area contributed by atoms with Crippen LogP contribution in [0.4, 0.5) is 0 Å². The van der Waals surface area contributed by atoms with Gasteiger partial charge in [-0.25, -0.2) is 8.42 Å². The minimum absolute atomic E-state index is 0.150. The second kappa shape index (κ2) is 6.84. The average Bonchev–Trinajstić information content (AvgIpc) is 2.65. The molecule has 24 heavy (non-hydrogen) atoms. The van der Waals surface area contributed by atoms with E-state index in [9.17, 15) is 13.2 Å². The topological polar surface area (TPSA) is 75.3 Å². The molecule has 0 radical (unpaired) electrons. The van der Waals surface area contributed by atoms with Crippen molar-refractivity contribution in [2.75, 3.05) is 6.54 Å². The first kappa shape index (κ1) is 18.9. The Hall–Kier alpha value is -1.40. The van der Waals surface area contributed by atoms with Gasteiger partial charge in [-0.1, -0.05) is 26.8 Å². The monoisotopic (exact) mass is 352 g/mol. The molecule has 1 aromatic carbocycles. The van der Waals surface area contributed by atoms with Crippen molar-refractivity contribution in [1.82, 2.24) is 10.0 Å². The summed E-state index contributed by atoms with van der Waals surface area (Å²) in [4.78, 5) is 12.3. The van der Waals surface area contributed by atoms with Crippen molar-refractivity contribution in [3.63, 3.8) is 0 Å². The predicted octanol–water partition coefficient (Wildman–Crippen LogP) is 2.55. The minimum Gasteiger partial charge on any atom is -0.355 e. The summed E-state index contributed by atoms with van der Waals surface area (Å²) in [5.74, 6) is -0.238. The largest absolute Gasteiger partial charge is 0.355 e. The summed E-state index contributed by atoms with van der Waals surface area (Å²) in [6.45, 7) is 10.5. The maximum absolute atomic E-state index is 12.9. The van der Waals surface area contributed by atoms with E-state index in [1.54, 1.807) is 6.07 Å². The smallest absolute Gasteiger partial charge is 0.241 e. The molecule has 2 rings (SSSR count). The van der Waals surface area contributed by atoms with Crippen LogP contribution in [0.5, 0.6) is 0 Å². The van der Waals surface area contributed by atoms with Gasteiger partial charge < -0.3 is 5.32 Å². The first-order valence-electron chi connectivity index (χ1n) is 8.44. The van der Waals surface area contributed by atoms with Crippen molar-refractivity contribution in [2.24, 2.45) is 0 Å². The molecule has 1 fully saturated rings. The summed E-state index contributed by atoms with van der Waals surface area (Å²) >= 11 is 0. The normalized spacial score (nSPS) is 19.7. The zero-order valence-corrected chi connectivity index (χ0v) is 16.0. The van der Waals surface area contributed by atoms with E-state index < -0.39 is 16.1 Å². The lowest BCUT2D eigenvalue weighted by Gasteiger charge is -2.23. The number of amides is 1. The van der Waals surface area contributed by atoms with E-state index in [0.717, 1.165) is 29.5 Å². The highest BCUT2D eigenvalue weighted by Crippen LogP contribution is 2.29. The lowest BCUT2D eigenvalue weighted by Crippen LogP contribution is -2.45. The summed E-state index contributed by atoms with van der Waals surface area (Å²) < 4.78 is 28.4. The van der Waals surface area contributed by atoms with Gasteiger partial charge in [0, 0.05) is 6.54 Å². The van der Waals surface area contributed by atoms with Crippen LogP contribution in [0.3, 0.4) is 0 Å². The number of sulfonamides is 1. The molecule has 0 saturated carbocycles. The lowest BCUT2D eigenvalue weighted by atomic mass is 9.85. The molecule has 0 bridgehead atoms. The number of nitrogens with one attached hydrogen (secondary N) is 2. The Morgan fingerprint density at radius 1 is 1.17 bits per heavy atom. The Kier molecular flexibility index (Phi) is 5.40. The SMILES string of the molecule is Cc1cc(C(C)(C)C)cc(S(=O)(=O)NC2CCCCNC2=O)c1C. The summed E-state index contributed by atoms with van der Waals surface area (Å²) in [6.07, 6.45) is 2.23. The second-order valence-electron chi connectivity index (χ2n) is 7.63. The standard InChI is InChI=1S/C18H28N2O3S/c1-12-10-14(18(3,4)5)11-16(13(12)2)24(22,23)20-15-8-6-7-9-19-17(15)21/h10-11,15,20H,6-9H2,1-5H3,(H,19,21). The quantitative estimate of drug-likeness (QED) is 0.878. The van der Waals surface area contributed by atoms with Gasteiger partial charge in [0.25, 0.3) is 0 Å². The van der Waals surface area contributed by atoms with Crippen molar-refractivity contribution in [3.05, 3.63) is 28.8 Å². The lowest BCUT2D eigenvalue weighted by molar-refractivity contribution is -0.122. The van der Waals surface area contributed by atoms with E-state index >= 15 is 0 Å². The molecule has 134 valence electrons. The molecule has 1 aromatic rings. The average molecular weight is 353 g/mol. The van der Waals surface area contributed by atoms with Gasteiger partial charge in [-0.2, -0.15) is 4.72 Å². The predicted molar refractivity (Wildman–Crippen MR) is 95.6 cm³/mol. The van der Waals surface area contributed by atoms with E-state index in [0.29, 0.717) is 13.0 Å². The Morgan fingerprint density at radius 3 is 2.46 bits per heavy atom. The van der Waals surface area contributed by atoms with Crippen LogP contribution in [0.25, 0.3) is 0 Å². The third-order valence-electron chi connectivity index (χ3n) is 4.61. The molecule has 1 unspecified atom stereocenters. The zero-order valence-electron chi connectivity index (χ0n) is 15.2. The number of hydrogen-bond donors (Lipinski definition) is 2. The zero-order chi connectivity index (χ0) is 18.1. The molecular weight excluding hydrogens is 324 g/mol. The molecule has 6 heteroatoms. The molecule has 0 aliphatic carbocycles. The maximum atomic E-state index is 12.9. The number of aryl methyl sites for hydroxylation is 1. The van der Waals surface area contributed by atoms with Crippen molar-refractivity contribution in [2.45, 2.75) is 70.2 Å². The van der Waals surface area contributed by atoms with Gasteiger partial charge in [0.1, 0.15) is 6.04 Å². The van der Waals surface area contributed by atoms with Crippen LogP contribution in [0.2, 0.25) is 0 Å². The van der Waals surface area contributed by atoms with E-state index in [2.05, 4.69) is 30.8 Å². The van der Waals surface area contributed by atoms with Gasteiger partial charge in [-0.05, 0) is 61.3 Å². The first-order valence-corrected chi connectivity index (χ1v) is 9.92. The molecule has 0 spiro atoms.